The fourth-order valence-electron chi connectivity index (χ4n) is 2.08. The fourth-order valence-corrected chi connectivity index (χ4v) is 2.08. The summed E-state index contributed by atoms with van der Waals surface area (Å²) >= 11 is 0. The van der Waals surface area contributed by atoms with Crippen LogP contribution in [0.2, 0.25) is 0 Å². The Morgan fingerprint density at radius 1 is 1.62 bits per heavy atom. The number of rotatable bonds is 2. The highest BCUT2D eigenvalue weighted by atomic mass is 16.3. The van der Waals surface area contributed by atoms with Crippen molar-refractivity contribution in [3.05, 3.63) is 0 Å². The average molecular weight is 185 g/mol. The van der Waals surface area contributed by atoms with Crippen molar-refractivity contribution in [3.8, 4) is 0 Å². The van der Waals surface area contributed by atoms with Gasteiger partial charge in [-0.05, 0) is 25.7 Å². The van der Waals surface area contributed by atoms with Crippen LogP contribution in [0.1, 0.15) is 33.6 Å². The molecule has 0 aromatic carbocycles. The molecule has 1 aliphatic rings. The van der Waals surface area contributed by atoms with Crippen LogP contribution in [0.3, 0.4) is 0 Å². The highest BCUT2D eigenvalue weighted by Crippen LogP contribution is 2.35. The van der Waals surface area contributed by atoms with Gasteiger partial charge in [0.15, 0.2) is 0 Å². The lowest BCUT2D eigenvalue weighted by molar-refractivity contribution is -0.139. The second-order valence-corrected chi connectivity index (χ2v) is 4.32. The van der Waals surface area contributed by atoms with Gasteiger partial charge in [-0.2, -0.15) is 0 Å². The van der Waals surface area contributed by atoms with Gasteiger partial charge in [-0.1, -0.05) is 13.8 Å². The Morgan fingerprint density at radius 2 is 2.23 bits per heavy atom. The van der Waals surface area contributed by atoms with Crippen molar-refractivity contribution in [3.63, 3.8) is 0 Å². The highest BCUT2D eigenvalue weighted by Gasteiger charge is 2.41. The van der Waals surface area contributed by atoms with Gasteiger partial charge >= 0.3 is 0 Å². The first kappa shape index (κ1) is 10.5. The molecule has 3 nitrogen and oxygen atoms in total. The van der Waals surface area contributed by atoms with Gasteiger partial charge in [-0.25, -0.2) is 0 Å². The van der Waals surface area contributed by atoms with Crippen molar-refractivity contribution in [1.29, 1.82) is 0 Å². The second-order valence-electron chi connectivity index (χ2n) is 4.32. The summed E-state index contributed by atoms with van der Waals surface area (Å²) in [5.74, 6) is 0.319. The molecule has 0 aromatic rings. The zero-order valence-electron chi connectivity index (χ0n) is 8.71. The van der Waals surface area contributed by atoms with Crippen molar-refractivity contribution in [1.82, 2.24) is 4.90 Å². The van der Waals surface area contributed by atoms with Crippen LogP contribution >= 0.6 is 0 Å². The van der Waals surface area contributed by atoms with Gasteiger partial charge in [-0.3, -0.25) is 4.79 Å². The fraction of sp³-hybridized carbons (Fsp3) is 0.900. The molecular formula is C10H19NO2. The van der Waals surface area contributed by atoms with Gasteiger partial charge in [0, 0.05) is 12.1 Å². The Morgan fingerprint density at radius 3 is 2.69 bits per heavy atom. The third-order valence-electron chi connectivity index (χ3n) is 3.36. The SMILES string of the molecule is CC(C)[C@]1(C)CCCN1C(=O)CO. The Kier molecular flexibility index (Phi) is 2.96. The molecule has 76 valence electrons. The first-order chi connectivity index (χ1) is 6.02. The van der Waals surface area contributed by atoms with E-state index in [1.165, 1.54) is 0 Å². The lowest BCUT2D eigenvalue weighted by atomic mass is 9.86. The summed E-state index contributed by atoms with van der Waals surface area (Å²) in [7, 11) is 0. The lowest BCUT2D eigenvalue weighted by Gasteiger charge is -2.38. The second kappa shape index (κ2) is 3.66. The topological polar surface area (TPSA) is 40.5 Å². The zero-order valence-corrected chi connectivity index (χ0v) is 8.71. The normalized spacial score (nSPS) is 28.5. The molecule has 0 aromatic heterocycles. The van der Waals surface area contributed by atoms with Crippen molar-refractivity contribution in [2.75, 3.05) is 13.2 Å². The molecule has 0 aliphatic carbocycles. The maximum Gasteiger partial charge on any atom is 0.248 e. The van der Waals surface area contributed by atoms with E-state index in [-0.39, 0.29) is 18.1 Å². The standard InChI is InChI=1S/C10H19NO2/c1-8(2)10(3)5-4-6-11(10)9(13)7-12/h8,12H,4-7H2,1-3H3/t10-/m0/s1. The van der Waals surface area contributed by atoms with Gasteiger partial charge < -0.3 is 10.0 Å². The number of aliphatic hydroxyl groups excluding tert-OH is 1. The summed E-state index contributed by atoms with van der Waals surface area (Å²) in [4.78, 5) is 13.2. The van der Waals surface area contributed by atoms with Gasteiger partial charge in [-0.15, -0.1) is 0 Å². The van der Waals surface area contributed by atoms with Gasteiger partial charge in [0.05, 0.1) is 0 Å². The molecule has 1 aliphatic heterocycles. The first-order valence-electron chi connectivity index (χ1n) is 4.93. The predicted octanol–water partition coefficient (Wildman–Crippen LogP) is 1.02. The molecule has 1 rings (SSSR count). The summed E-state index contributed by atoms with van der Waals surface area (Å²) in [5.41, 5.74) is -0.0419. The molecule has 0 saturated carbocycles. The van der Waals surface area contributed by atoms with Gasteiger partial charge in [0.25, 0.3) is 0 Å². The van der Waals surface area contributed by atoms with Crippen LogP contribution in [0.25, 0.3) is 0 Å². The molecule has 1 fully saturated rings. The number of hydrogen-bond donors (Lipinski definition) is 1. The zero-order chi connectivity index (χ0) is 10.1. The number of aliphatic hydroxyl groups is 1. The summed E-state index contributed by atoms with van der Waals surface area (Å²) < 4.78 is 0. The number of carbonyl (C=O) groups excluding carboxylic acids is 1. The van der Waals surface area contributed by atoms with Crippen LogP contribution in [0, 0.1) is 5.92 Å². The molecule has 0 radical (unpaired) electrons. The van der Waals surface area contributed by atoms with E-state index in [2.05, 4.69) is 20.8 Å². The van der Waals surface area contributed by atoms with Crippen molar-refractivity contribution in [2.45, 2.75) is 39.2 Å². The van der Waals surface area contributed by atoms with Crippen LogP contribution in [0.15, 0.2) is 0 Å². The first-order valence-corrected chi connectivity index (χ1v) is 4.93. The molecule has 0 spiro atoms. The minimum absolute atomic E-state index is 0.0419. The molecule has 0 unspecified atom stereocenters. The van der Waals surface area contributed by atoms with E-state index in [9.17, 15) is 4.79 Å². The molecule has 13 heavy (non-hydrogen) atoms. The Bertz CT molecular complexity index is 203. The van der Waals surface area contributed by atoms with Crippen molar-refractivity contribution >= 4 is 5.91 Å². The summed E-state index contributed by atoms with van der Waals surface area (Å²) in [6, 6.07) is 0. The summed E-state index contributed by atoms with van der Waals surface area (Å²) in [6.07, 6.45) is 2.11. The molecule has 1 N–H and O–H groups in total. The van der Waals surface area contributed by atoms with Crippen LogP contribution in [0.5, 0.6) is 0 Å². The van der Waals surface area contributed by atoms with E-state index < -0.39 is 0 Å². The Balaban J connectivity index is 2.79. The van der Waals surface area contributed by atoms with Gasteiger partial charge in [0.1, 0.15) is 6.61 Å². The van der Waals surface area contributed by atoms with E-state index in [0.717, 1.165) is 19.4 Å². The Hall–Kier alpha value is -0.570. The third kappa shape index (κ3) is 1.70. The summed E-state index contributed by atoms with van der Waals surface area (Å²) in [6.45, 7) is 6.81. The maximum atomic E-state index is 11.4. The maximum absolute atomic E-state index is 11.4. The van der Waals surface area contributed by atoms with Crippen LogP contribution in [-0.2, 0) is 4.79 Å². The number of hydrogen-bond acceptors (Lipinski definition) is 2. The van der Waals surface area contributed by atoms with E-state index in [4.69, 9.17) is 5.11 Å². The summed E-state index contributed by atoms with van der Waals surface area (Å²) in [5, 5.41) is 8.82. The van der Waals surface area contributed by atoms with Crippen LogP contribution in [0.4, 0.5) is 0 Å². The number of amides is 1. The molecule has 1 saturated heterocycles. The van der Waals surface area contributed by atoms with E-state index in [1.54, 1.807) is 0 Å². The third-order valence-corrected chi connectivity index (χ3v) is 3.36. The van der Waals surface area contributed by atoms with E-state index in [1.807, 2.05) is 4.90 Å². The molecule has 1 atom stereocenters. The van der Waals surface area contributed by atoms with E-state index in [0.29, 0.717) is 5.92 Å². The lowest BCUT2D eigenvalue weighted by Crippen LogP contribution is -2.49. The highest BCUT2D eigenvalue weighted by molar-refractivity contribution is 5.78. The molecule has 3 heteroatoms. The Labute approximate surface area is 79.7 Å². The van der Waals surface area contributed by atoms with Crippen molar-refractivity contribution in [2.24, 2.45) is 5.92 Å². The molecular weight excluding hydrogens is 166 g/mol. The quantitative estimate of drug-likeness (QED) is 0.697. The van der Waals surface area contributed by atoms with Crippen molar-refractivity contribution < 1.29 is 9.90 Å². The van der Waals surface area contributed by atoms with Gasteiger partial charge in [0.2, 0.25) is 5.91 Å². The predicted molar refractivity (Wildman–Crippen MR) is 51.3 cm³/mol. The largest absolute Gasteiger partial charge is 0.387 e. The minimum Gasteiger partial charge on any atom is -0.387 e. The average Bonchev–Trinajstić information content (AvgIpc) is 2.47. The smallest absolute Gasteiger partial charge is 0.248 e. The van der Waals surface area contributed by atoms with E-state index >= 15 is 0 Å². The minimum atomic E-state index is -0.359. The number of nitrogens with zero attached hydrogens (tertiary/aromatic N) is 1. The number of carbonyl (C=O) groups is 1. The number of likely N-dealkylation sites (tertiary alicyclic amines) is 1. The monoisotopic (exact) mass is 185 g/mol. The molecule has 1 heterocycles. The molecule has 1 amide bonds. The molecule has 0 bridgehead atoms. The van der Waals surface area contributed by atoms with Crippen LogP contribution < -0.4 is 0 Å². The van der Waals surface area contributed by atoms with Crippen LogP contribution in [-0.4, -0.2) is 34.6 Å².